The second kappa shape index (κ2) is 5.68. The molecule has 3 N–H and O–H groups in total. The Kier molecular flexibility index (Phi) is 3.98. The molecule has 2 aromatic rings. The first kappa shape index (κ1) is 13.3. The van der Waals surface area contributed by atoms with Gasteiger partial charge >= 0.3 is 0 Å². The van der Waals surface area contributed by atoms with Crippen LogP contribution < -0.4 is 20.7 Å². The number of nitrogen functional groups attached to an aromatic ring is 1. The van der Waals surface area contributed by atoms with E-state index >= 15 is 0 Å². The predicted octanol–water partition coefficient (Wildman–Crippen LogP) is 2.36. The fourth-order valence-corrected chi connectivity index (χ4v) is 1.49. The van der Waals surface area contributed by atoms with Crippen LogP contribution >= 0.6 is 11.6 Å². The molecule has 0 fully saturated rings. The molecule has 1 aromatic heterocycles. The second-order valence-electron chi connectivity index (χ2n) is 3.38. The molecular formula is C11H10ClFN4O2. The van der Waals surface area contributed by atoms with Crippen molar-refractivity contribution in [1.82, 2.24) is 9.97 Å². The zero-order valence-corrected chi connectivity index (χ0v) is 10.6. The van der Waals surface area contributed by atoms with Crippen molar-refractivity contribution in [2.75, 3.05) is 12.5 Å². The van der Waals surface area contributed by atoms with Gasteiger partial charge in [0.2, 0.25) is 5.75 Å². The van der Waals surface area contributed by atoms with Crippen LogP contribution in [-0.2, 0) is 0 Å². The van der Waals surface area contributed by atoms with Crippen molar-refractivity contribution in [3.05, 3.63) is 35.4 Å². The topological polar surface area (TPSA) is 82.3 Å². The lowest BCUT2D eigenvalue weighted by atomic mass is 10.3. The summed E-state index contributed by atoms with van der Waals surface area (Å²) in [6, 6.07) is 4.02. The lowest BCUT2D eigenvalue weighted by Gasteiger charge is -2.11. The first-order chi connectivity index (χ1) is 9.15. The van der Waals surface area contributed by atoms with Crippen molar-refractivity contribution in [3.63, 3.8) is 0 Å². The summed E-state index contributed by atoms with van der Waals surface area (Å²) in [6.45, 7) is 0. The van der Waals surface area contributed by atoms with E-state index in [1.807, 2.05) is 0 Å². The predicted molar refractivity (Wildman–Crippen MR) is 67.9 cm³/mol. The number of ether oxygens (including phenoxy) is 2. The monoisotopic (exact) mass is 284 g/mol. The normalized spacial score (nSPS) is 10.1. The maximum absolute atomic E-state index is 13.3. The standard InChI is InChI=1S/C11H10ClFN4O2/c1-18-9-10(17-14)15-5-16-11(9)19-6-2-3-7(12)8(13)4-6/h2-5H,14H2,1H3,(H,15,16,17). The molecule has 0 spiro atoms. The fourth-order valence-electron chi connectivity index (χ4n) is 1.37. The third-order valence-corrected chi connectivity index (χ3v) is 2.52. The second-order valence-corrected chi connectivity index (χ2v) is 3.79. The van der Waals surface area contributed by atoms with E-state index in [0.29, 0.717) is 0 Å². The Morgan fingerprint density at radius 3 is 2.79 bits per heavy atom. The van der Waals surface area contributed by atoms with E-state index in [1.165, 1.54) is 25.6 Å². The Morgan fingerprint density at radius 2 is 2.16 bits per heavy atom. The molecular weight excluding hydrogens is 275 g/mol. The van der Waals surface area contributed by atoms with Gasteiger partial charge in [0.05, 0.1) is 12.1 Å². The zero-order valence-electron chi connectivity index (χ0n) is 9.85. The van der Waals surface area contributed by atoms with Gasteiger partial charge in [0.15, 0.2) is 5.82 Å². The van der Waals surface area contributed by atoms with Gasteiger partial charge in [-0.1, -0.05) is 11.6 Å². The molecule has 100 valence electrons. The third kappa shape index (κ3) is 2.83. The van der Waals surface area contributed by atoms with E-state index < -0.39 is 5.82 Å². The van der Waals surface area contributed by atoms with Crippen molar-refractivity contribution >= 4 is 17.4 Å². The number of nitrogens with two attached hydrogens (primary N) is 1. The molecule has 8 heteroatoms. The molecule has 1 heterocycles. The largest absolute Gasteiger partial charge is 0.489 e. The van der Waals surface area contributed by atoms with Gasteiger partial charge in [-0.15, -0.1) is 0 Å². The van der Waals surface area contributed by atoms with Gasteiger partial charge in [0.1, 0.15) is 17.9 Å². The van der Waals surface area contributed by atoms with Crippen LogP contribution in [0.1, 0.15) is 0 Å². The molecule has 0 atom stereocenters. The van der Waals surface area contributed by atoms with Crippen LogP contribution in [0.15, 0.2) is 24.5 Å². The van der Waals surface area contributed by atoms with Crippen molar-refractivity contribution in [2.24, 2.45) is 5.84 Å². The number of hydrazine groups is 1. The average molecular weight is 285 g/mol. The molecule has 0 unspecified atom stereocenters. The molecule has 0 saturated carbocycles. The smallest absolute Gasteiger partial charge is 0.268 e. The number of benzene rings is 1. The van der Waals surface area contributed by atoms with Gasteiger partial charge < -0.3 is 14.9 Å². The Bertz CT molecular complexity index is 597. The Balaban J connectivity index is 2.35. The number of halogens is 2. The number of nitrogens with zero attached hydrogens (tertiary/aromatic N) is 2. The maximum Gasteiger partial charge on any atom is 0.268 e. The van der Waals surface area contributed by atoms with Crippen molar-refractivity contribution in [2.45, 2.75) is 0 Å². The van der Waals surface area contributed by atoms with Crippen LogP contribution in [0.5, 0.6) is 17.4 Å². The summed E-state index contributed by atoms with van der Waals surface area (Å²) in [7, 11) is 1.41. The molecule has 19 heavy (non-hydrogen) atoms. The number of anilines is 1. The fraction of sp³-hybridized carbons (Fsp3) is 0.0909. The molecule has 2 rings (SSSR count). The quantitative estimate of drug-likeness (QED) is 0.662. The van der Waals surface area contributed by atoms with E-state index in [-0.39, 0.29) is 28.2 Å². The van der Waals surface area contributed by atoms with Crippen LogP contribution in [0.3, 0.4) is 0 Å². The van der Waals surface area contributed by atoms with E-state index in [4.69, 9.17) is 26.9 Å². The molecule has 0 saturated heterocycles. The van der Waals surface area contributed by atoms with Crippen LogP contribution in [-0.4, -0.2) is 17.1 Å². The van der Waals surface area contributed by atoms with Crippen molar-refractivity contribution in [1.29, 1.82) is 0 Å². The summed E-state index contributed by atoms with van der Waals surface area (Å²) in [5, 5.41) is 0.00585. The molecule has 6 nitrogen and oxygen atoms in total. The summed E-state index contributed by atoms with van der Waals surface area (Å²) in [5.41, 5.74) is 2.34. The molecule has 0 bridgehead atoms. The van der Waals surface area contributed by atoms with Crippen molar-refractivity contribution < 1.29 is 13.9 Å². The van der Waals surface area contributed by atoms with Gasteiger partial charge in [0, 0.05) is 6.07 Å². The highest BCUT2D eigenvalue weighted by Crippen LogP contribution is 2.34. The molecule has 0 aliphatic carbocycles. The highest BCUT2D eigenvalue weighted by atomic mass is 35.5. The number of hydrogen-bond acceptors (Lipinski definition) is 6. The van der Waals surface area contributed by atoms with E-state index in [0.717, 1.165) is 6.07 Å². The minimum Gasteiger partial charge on any atom is -0.489 e. The summed E-state index contributed by atoms with van der Waals surface area (Å²) < 4.78 is 23.8. The maximum atomic E-state index is 13.3. The first-order valence-corrected chi connectivity index (χ1v) is 5.52. The molecule has 0 aliphatic heterocycles. The number of methoxy groups -OCH3 is 1. The third-order valence-electron chi connectivity index (χ3n) is 2.22. The lowest BCUT2D eigenvalue weighted by molar-refractivity contribution is 0.368. The number of rotatable bonds is 4. The molecule has 0 radical (unpaired) electrons. The summed E-state index contributed by atoms with van der Waals surface area (Å²) >= 11 is 5.58. The van der Waals surface area contributed by atoms with Crippen LogP contribution in [0, 0.1) is 5.82 Å². The Labute approximate surface area is 113 Å². The SMILES string of the molecule is COc1c(NN)ncnc1Oc1ccc(Cl)c(F)c1. The van der Waals surface area contributed by atoms with Crippen LogP contribution in [0.2, 0.25) is 5.02 Å². The Hall–Kier alpha value is -2.12. The highest BCUT2D eigenvalue weighted by molar-refractivity contribution is 6.30. The zero-order chi connectivity index (χ0) is 13.8. The van der Waals surface area contributed by atoms with E-state index in [9.17, 15) is 4.39 Å². The van der Waals surface area contributed by atoms with E-state index in [2.05, 4.69) is 15.4 Å². The highest BCUT2D eigenvalue weighted by Gasteiger charge is 2.14. The lowest BCUT2D eigenvalue weighted by Crippen LogP contribution is -2.10. The van der Waals surface area contributed by atoms with Crippen molar-refractivity contribution in [3.8, 4) is 17.4 Å². The Morgan fingerprint density at radius 1 is 1.37 bits per heavy atom. The van der Waals surface area contributed by atoms with Gasteiger partial charge in [-0.3, -0.25) is 0 Å². The number of nitrogens with one attached hydrogen (secondary N) is 1. The van der Waals surface area contributed by atoms with Crippen LogP contribution in [0.25, 0.3) is 0 Å². The minimum atomic E-state index is -0.593. The number of hydrogen-bond donors (Lipinski definition) is 2. The average Bonchev–Trinajstić information content (AvgIpc) is 2.42. The summed E-state index contributed by atoms with van der Waals surface area (Å²) in [6.07, 6.45) is 1.24. The first-order valence-electron chi connectivity index (χ1n) is 5.14. The van der Waals surface area contributed by atoms with Crippen LogP contribution in [0.4, 0.5) is 10.2 Å². The summed E-state index contributed by atoms with van der Waals surface area (Å²) in [4.78, 5) is 7.75. The summed E-state index contributed by atoms with van der Waals surface area (Å²) in [5.74, 6) is 5.47. The molecule has 0 amide bonds. The minimum absolute atomic E-state index is 0.00585. The number of aromatic nitrogens is 2. The van der Waals surface area contributed by atoms with Gasteiger partial charge in [0.25, 0.3) is 5.88 Å². The van der Waals surface area contributed by atoms with Gasteiger partial charge in [-0.2, -0.15) is 4.98 Å². The van der Waals surface area contributed by atoms with Gasteiger partial charge in [-0.05, 0) is 12.1 Å². The molecule has 0 aliphatic rings. The van der Waals surface area contributed by atoms with E-state index in [1.54, 1.807) is 0 Å². The molecule has 1 aromatic carbocycles. The van der Waals surface area contributed by atoms with Gasteiger partial charge in [-0.25, -0.2) is 15.2 Å².